The van der Waals surface area contributed by atoms with Crippen LogP contribution in [0.5, 0.6) is 0 Å². The molecular formula is C23H23F2N3O3S2. The fraction of sp³-hybridized carbons (Fsp3) is 0.435. The summed E-state index contributed by atoms with van der Waals surface area (Å²) >= 11 is 1.24. The second-order valence-electron chi connectivity index (χ2n) is 8.81. The number of sulfone groups is 1. The van der Waals surface area contributed by atoms with Crippen LogP contribution in [0.3, 0.4) is 0 Å². The van der Waals surface area contributed by atoms with E-state index < -0.39 is 28.1 Å². The van der Waals surface area contributed by atoms with Crippen molar-refractivity contribution in [3.05, 3.63) is 48.2 Å². The molecule has 2 aliphatic rings. The van der Waals surface area contributed by atoms with Crippen molar-refractivity contribution >= 4 is 42.6 Å². The van der Waals surface area contributed by atoms with Crippen molar-refractivity contribution in [1.29, 1.82) is 0 Å². The van der Waals surface area contributed by atoms with E-state index in [-0.39, 0.29) is 41.2 Å². The van der Waals surface area contributed by atoms with Crippen LogP contribution in [0.15, 0.2) is 47.5 Å². The SMILES string of the molecule is O=C(Nc1nc2cccnc2s1)[C@H](CC1C[C@@H](F)[C@@H](F)C1)c1ccc(S(=O)(=O)C2CC2)cc1. The molecule has 2 heterocycles. The quantitative estimate of drug-likeness (QED) is 0.512. The van der Waals surface area contributed by atoms with Gasteiger partial charge >= 0.3 is 0 Å². The number of benzene rings is 1. The highest BCUT2D eigenvalue weighted by atomic mass is 32.2. The molecule has 2 fully saturated rings. The number of hydrogen-bond donors (Lipinski definition) is 1. The first kappa shape index (κ1) is 22.3. The number of carbonyl (C=O) groups is 1. The maximum atomic E-state index is 13.8. The Bertz CT molecular complexity index is 1230. The van der Waals surface area contributed by atoms with Crippen LogP contribution in [-0.4, -0.2) is 41.9 Å². The van der Waals surface area contributed by atoms with Crippen molar-refractivity contribution in [3.8, 4) is 0 Å². The van der Waals surface area contributed by atoms with E-state index >= 15 is 0 Å². The molecule has 2 aliphatic carbocycles. The number of hydrogen-bond acceptors (Lipinski definition) is 6. The van der Waals surface area contributed by atoms with Crippen LogP contribution in [-0.2, 0) is 14.6 Å². The number of fused-ring (bicyclic) bond motifs is 1. The molecule has 2 aromatic heterocycles. The standard InChI is InChI=1S/C23H23F2N3O3S2/c24-18-11-13(12-19(18)25)10-17(14-3-5-15(6-4-14)33(30,31)16-7-8-16)21(29)28-23-27-20-2-1-9-26-22(20)32-23/h1-6,9,13,16-19H,7-8,10-12H2,(H,27,28,29)/t13?,17-,18-,19+/m1/s1. The van der Waals surface area contributed by atoms with Gasteiger partial charge < -0.3 is 5.32 Å². The van der Waals surface area contributed by atoms with E-state index in [1.165, 1.54) is 23.5 Å². The lowest BCUT2D eigenvalue weighted by Crippen LogP contribution is -2.23. The molecule has 6 nitrogen and oxygen atoms in total. The molecule has 174 valence electrons. The highest BCUT2D eigenvalue weighted by molar-refractivity contribution is 7.92. The maximum Gasteiger partial charge on any atom is 0.233 e. The largest absolute Gasteiger partial charge is 0.301 e. The van der Waals surface area contributed by atoms with Gasteiger partial charge in [0.05, 0.1) is 16.1 Å². The van der Waals surface area contributed by atoms with Gasteiger partial charge in [0.15, 0.2) is 15.0 Å². The lowest BCUT2D eigenvalue weighted by atomic mass is 9.87. The molecule has 33 heavy (non-hydrogen) atoms. The van der Waals surface area contributed by atoms with E-state index in [0.717, 1.165) is 0 Å². The molecule has 1 unspecified atom stereocenters. The topological polar surface area (TPSA) is 89.0 Å². The fourth-order valence-corrected chi connectivity index (χ4v) is 6.89. The normalized spacial score (nSPS) is 24.1. The monoisotopic (exact) mass is 491 g/mol. The molecule has 5 rings (SSSR count). The summed E-state index contributed by atoms with van der Waals surface area (Å²) in [5.41, 5.74) is 1.28. The minimum Gasteiger partial charge on any atom is -0.301 e. The molecule has 0 aliphatic heterocycles. The Hall–Kier alpha value is -2.46. The van der Waals surface area contributed by atoms with Crippen LogP contribution in [0, 0.1) is 5.92 Å². The average Bonchev–Trinajstić information content (AvgIpc) is 3.51. The Labute approximate surface area is 194 Å². The van der Waals surface area contributed by atoms with Crippen LogP contribution in [0.25, 0.3) is 10.3 Å². The molecule has 0 radical (unpaired) electrons. The number of nitrogens with one attached hydrogen (secondary N) is 1. The average molecular weight is 492 g/mol. The van der Waals surface area contributed by atoms with Crippen LogP contribution >= 0.6 is 11.3 Å². The van der Waals surface area contributed by atoms with Gasteiger partial charge in [0, 0.05) is 6.20 Å². The van der Waals surface area contributed by atoms with E-state index in [9.17, 15) is 22.0 Å². The Morgan fingerprint density at radius 2 is 1.82 bits per heavy atom. The minimum absolute atomic E-state index is 0.0736. The lowest BCUT2D eigenvalue weighted by molar-refractivity contribution is -0.118. The van der Waals surface area contributed by atoms with Gasteiger partial charge in [-0.05, 0) is 67.9 Å². The van der Waals surface area contributed by atoms with Crippen molar-refractivity contribution < 1.29 is 22.0 Å². The first-order chi connectivity index (χ1) is 15.8. The number of amides is 1. The second kappa shape index (κ2) is 8.72. The van der Waals surface area contributed by atoms with Gasteiger partial charge in [0.25, 0.3) is 0 Å². The number of carbonyl (C=O) groups excluding carboxylic acids is 1. The molecular weight excluding hydrogens is 468 g/mol. The predicted molar refractivity (Wildman–Crippen MR) is 123 cm³/mol. The highest BCUT2D eigenvalue weighted by Crippen LogP contribution is 2.39. The zero-order valence-corrected chi connectivity index (χ0v) is 19.3. The number of thiazole rings is 1. The second-order valence-corrected chi connectivity index (χ2v) is 12.0. The maximum absolute atomic E-state index is 13.8. The summed E-state index contributed by atoms with van der Waals surface area (Å²) in [4.78, 5) is 22.8. The van der Waals surface area contributed by atoms with Gasteiger partial charge in [-0.2, -0.15) is 0 Å². The van der Waals surface area contributed by atoms with Gasteiger partial charge in [-0.3, -0.25) is 4.79 Å². The molecule has 0 spiro atoms. The molecule has 1 aromatic carbocycles. The van der Waals surface area contributed by atoms with Crippen LogP contribution < -0.4 is 5.32 Å². The zero-order valence-electron chi connectivity index (χ0n) is 17.7. The lowest BCUT2D eigenvalue weighted by Gasteiger charge is -2.20. The first-order valence-electron chi connectivity index (χ1n) is 11.0. The number of halogens is 2. The van der Waals surface area contributed by atoms with Crippen molar-refractivity contribution in [2.75, 3.05) is 5.32 Å². The third kappa shape index (κ3) is 4.63. The van der Waals surface area contributed by atoms with Crippen LogP contribution in [0.4, 0.5) is 13.9 Å². The molecule has 1 N–H and O–H groups in total. The number of rotatable bonds is 7. The fourth-order valence-electron chi connectivity index (χ4n) is 4.43. The van der Waals surface area contributed by atoms with Crippen LogP contribution in [0.2, 0.25) is 0 Å². The molecule has 0 bridgehead atoms. The van der Waals surface area contributed by atoms with E-state index in [1.807, 2.05) is 0 Å². The first-order valence-corrected chi connectivity index (χ1v) is 13.3. The van der Waals surface area contributed by atoms with Gasteiger partial charge in [-0.15, -0.1) is 0 Å². The van der Waals surface area contributed by atoms with E-state index in [2.05, 4.69) is 15.3 Å². The predicted octanol–water partition coefficient (Wildman–Crippen LogP) is 4.83. The van der Waals surface area contributed by atoms with E-state index in [1.54, 1.807) is 30.5 Å². The molecule has 10 heteroatoms. The third-order valence-electron chi connectivity index (χ3n) is 6.37. The summed E-state index contributed by atoms with van der Waals surface area (Å²) in [5, 5.41) is 2.89. The van der Waals surface area contributed by atoms with Crippen LogP contribution in [0.1, 0.15) is 43.6 Å². The van der Waals surface area contributed by atoms with Crippen molar-refractivity contribution in [3.63, 3.8) is 0 Å². The number of anilines is 1. The zero-order chi connectivity index (χ0) is 23.2. The Morgan fingerprint density at radius 1 is 1.12 bits per heavy atom. The molecule has 4 atom stereocenters. The number of pyridine rings is 1. The summed E-state index contributed by atoms with van der Waals surface area (Å²) in [7, 11) is -3.34. The summed E-state index contributed by atoms with van der Waals surface area (Å²) in [5.74, 6) is -1.31. The highest BCUT2D eigenvalue weighted by Gasteiger charge is 2.38. The van der Waals surface area contributed by atoms with E-state index in [0.29, 0.717) is 33.9 Å². The molecule has 2 saturated carbocycles. The van der Waals surface area contributed by atoms with Crippen molar-refractivity contribution in [2.45, 2.75) is 60.5 Å². The summed E-state index contributed by atoms with van der Waals surface area (Å²) in [6, 6.07) is 9.87. The van der Waals surface area contributed by atoms with Gasteiger partial charge in [-0.1, -0.05) is 23.5 Å². The molecule has 0 saturated heterocycles. The third-order valence-corrected chi connectivity index (χ3v) is 9.54. The van der Waals surface area contributed by atoms with Gasteiger partial charge in [0.2, 0.25) is 5.91 Å². The Morgan fingerprint density at radius 3 is 2.45 bits per heavy atom. The van der Waals surface area contributed by atoms with E-state index in [4.69, 9.17) is 0 Å². The summed E-state index contributed by atoms with van der Waals surface area (Å²) in [6.07, 6.45) is 0.372. The summed E-state index contributed by atoms with van der Waals surface area (Å²) < 4.78 is 52.6. The van der Waals surface area contributed by atoms with Gasteiger partial charge in [0.1, 0.15) is 22.7 Å². The molecule has 3 aromatic rings. The Balaban J connectivity index is 1.40. The number of nitrogens with zero attached hydrogens (tertiary/aromatic N) is 2. The smallest absolute Gasteiger partial charge is 0.233 e. The minimum atomic E-state index is -3.34. The molecule has 1 amide bonds. The van der Waals surface area contributed by atoms with Crippen molar-refractivity contribution in [2.24, 2.45) is 5.92 Å². The Kier molecular flexibility index (Phi) is 5.90. The number of alkyl halides is 2. The summed E-state index contributed by atoms with van der Waals surface area (Å²) in [6.45, 7) is 0. The van der Waals surface area contributed by atoms with Crippen molar-refractivity contribution in [1.82, 2.24) is 9.97 Å². The van der Waals surface area contributed by atoms with Gasteiger partial charge in [-0.25, -0.2) is 27.2 Å². The number of aromatic nitrogens is 2.